The number of rotatable bonds is 4. The van der Waals surface area contributed by atoms with Crippen LogP contribution in [0.5, 0.6) is 11.5 Å². The molecule has 2 heterocycles. The zero-order valence-corrected chi connectivity index (χ0v) is 15.7. The Hall–Kier alpha value is -2.53. The van der Waals surface area contributed by atoms with Crippen LogP contribution in [-0.4, -0.2) is 43.2 Å². The summed E-state index contributed by atoms with van der Waals surface area (Å²) < 4.78 is 11.1. The topological polar surface area (TPSA) is 50.8 Å². The second-order valence-electron chi connectivity index (χ2n) is 7.31. The van der Waals surface area contributed by atoms with E-state index < -0.39 is 0 Å². The third-order valence-corrected chi connectivity index (χ3v) is 5.38. The molecule has 27 heavy (non-hydrogen) atoms. The Kier molecular flexibility index (Phi) is 5.30. The zero-order chi connectivity index (χ0) is 18.6. The van der Waals surface area contributed by atoms with Gasteiger partial charge in [-0.05, 0) is 49.1 Å². The van der Waals surface area contributed by atoms with Crippen LogP contribution in [0.2, 0.25) is 0 Å². The monoisotopic (exact) mass is 366 g/mol. The fourth-order valence-electron chi connectivity index (χ4n) is 3.72. The van der Waals surface area contributed by atoms with Gasteiger partial charge in [0.25, 0.3) is 5.91 Å². The summed E-state index contributed by atoms with van der Waals surface area (Å²) in [7, 11) is 0. The van der Waals surface area contributed by atoms with Crippen LogP contribution in [0.25, 0.3) is 0 Å². The smallest absolute Gasteiger partial charge is 0.251 e. The Morgan fingerprint density at radius 2 is 1.81 bits per heavy atom. The Morgan fingerprint density at radius 1 is 1.07 bits per heavy atom. The molecular weight excluding hydrogens is 340 g/mol. The molecule has 4 rings (SSSR count). The molecule has 0 unspecified atom stereocenters. The Morgan fingerprint density at radius 3 is 2.59 bits per heavy atom. The normalized spacial score (nSPS) is 17.5. The Bertz CT molecular complexity index is 813. The molecule has 1 amide bonds. The number of carbonyl (C=O) groups is 1. The van der Waals surface area contributed by atoms with Crippen LogP contribution in [0.3, 0.4) is 0 Å². The summed E-state index contributed by atoms with van der Waals surface area (Å²) in [5.74, 6) is 1.33. The molecule has 2 aliphatic heterocycles. The van der Waals surface area contributed by atoms with Crippen LogP contribution >= 0.6 is 0 Å². The maximum atomic E-state index is 12.6. The number of amides is 1. The summed E-state index contributed by atoms with van der Waals surface area (Å²) in [6.07, 6.45) is 1.95. The SMILES string of the molecule is Cc1ccccc1CN1CCC(NC(=O)c2ccc3c(c2)OCCO3)CC1. The van der Waals surface area contributed by atoms with E-state index in [1.807, 2.05) is 6.07 Å². The molecule has 0 saturated carbocycles. The molecule has 2 aromatic carbocycles. The number of aryl methyl sites for hydroxylation is 1. The minimum atomic E-state index is -0.0377. The standard InChI is InChI=1S/C22H26N2O3/c1-16-4-2-3-5-18(16)15-24-10-8-19(9-11-24)23-22(25)17-6-7-20-21(14-17)27-13-12-26-20/h2-7,14,19H,8-13,15H2,1H3,(H,23,25). The average molecular weight is 366 g/mol. The van der Waals surface area contributed by atoms with Crippen LogP contribution in [0.15, 0.2) is 42.5 Å². The van der Waals surface area contributed by atoms with E-state index in [9.17, 15) is 4.79 Å². The van der Waals surface area contributed by atoms with E-state index in [0.717, 1.165) is 32.5 Å². The lowest BCUT2D eigenvalue weighted by Crippen LogP contribution is -2.44. The van der Waals surface area contributed by atoms with E-state index in [0.29, 0.717) is 30.3 Å². The summed E-state index contributed by atoms with van der Waals surface area (Å²) in [5, 5.41) is 3.18. The van der Waals surface area contributed by atoms with Crippen molar-refractivity contribution < 1.29 is 14.3 Å². The number of fused-ring (bicyclic) bond motifs is 1. The number of carbonyl (C=O) groups excluding carboxylic acids is 1. The maximum Gasteiger partial charge on any atom is 0.251 e. The van der Waals surface area contributed by atoms with E-state index in [1.54, 1.807) is 12.1 Å². The number of nitrogens with zero attached hydrogens (tertiary/aromatic N) is 1. The van der Waals surface area contributed by atoms with Gasteiger partial charge in [-0.1, -0.05) is 24.3 Å². The van der Waals surface area contributed by atoms with Gasteiger partial charge in [0.2, 0.25) is 0 Å². The number of piperidine rings is 1. The zero-order valence-electron chi connectivity index (χ0n) is 15.7. The van der Waals surface area contributed by atoms with Crippen molar-refractivity contribution in [2.75, 3.05) is 26.3 Å². The Balaban J connectivity index is 1.30. The maximum absolute atomic E-state index is 12.6. The number of hydrogen-bond donors (Lipinski definition) is 1. The minimum absolute atomic E-state index is 0.0377. The molecule has 0 bridgehead atoms. The Labute approximate surface area is 160 Å². The highest BCUT2D eigenvalue weighted by atomic mass is 16.6. The molecule has 5 heteroatoms. The molecule has 0 spiro atoms. The molecule has 0 aromatic heterocycles. The largest absolute Gasteiger partial charge is 0.486 e. The number of benzene rings is 2. The number of hydrogen-bond acceptors (Lipinski definition) is 4. The van der Waals surface area contributed by atoms with Gasteiger partial charge in [-0.15, -0.1) is 0 Å². The van der Waals surface area contributed by atoms with Gasteiger partial charge in [0.1, 0.15) is 13.2 Å². The molecule has 142 valence electrons. The fraction of sp³-hybridized carbons (Fsp3) is 0.409. The third-order valence-electron chi connectivity index (χ3n) is 5.38. The van der Waals surface area contributed by atoms with E-state index in [1.165, 1.54) is 11.1 Å². The predicted octanol–water partition coefficient (Wildman–Crippen LogP) is 3.16. The molecule has 2 aliphatic rings. The van der Waals surface area contributed by atoms with Gasteiger partial charge >= 0.3 is 0 Å². The van der Waals surface area contributed by atoms with Crippen LogP contribution < -0.4 is 14.8 Å². The third kappa shape index (κ3) is 4.25. The summed E-state index contributed by atoms with van der Waals surface area (Å²) in [6.45, 7) is 6.23. The first-order chi connectivity index (χ1) is 13.2. The van der Waals surface area contributed by atoms with Crippen molar-refractivity contribution in [2.24, 2.45) is 0 Å². The minimum Gasteiger partial charge on any atom is -0.486 e. The van der Waals surface area contributed by atoms with Gasteiger partial charge in [-0.2, -0.15) is 0 Å². The van der Waals surface area contributed by atoms with E-state index >= 15 is 0 Å². The quantitative estimate of drug-likeness (QED) is 0.903. The van der Waals surface area contributed by atoms with Crippen molar-refractivity contribution in [3.8, 4) is 11.5 Å². The molecule has 5 nitrogen and oxygen atoms in total. The average Bonchev–Trinajstić information content (AvgIpc) is 2.71. The number of nitrogens with one attached hydrogen (secondary N) is 1. The van der Waals surface area contributed by atoms with Gasteiger partial charge in [-0.25, -0.2) is 0 Å². The number of likely N-dealkylation sites (tertiary alicyclic amines) is 1. The molecule has 0 radical (unpaired) electrons. The lowest BCUT2D eigenvalue weighted by molar-refractivity contribution is 0.0907. The predicted molar refractivity (Wildman–Crippen MR) is 104 cm³/mol. The van der Waals surface area contributed by atoms with Gasteiger partial charge in [0.05, 0.1) is 0 Å². The van der Waals surface area contributed by atoms with Crippen molar-refractivity contribution in [2.45, 2.75) is 32.4 Å². The fourth-order valence-corrected chi connectivity index (χ4v) is 3.72. The van der Waals surface area contributed by atoms with Crippen LogP contribution in [0.1, 0.15) is 34.3 Å². The van der Waals surface area contributed by atoms with Crippen LogP contribution in [-0.2, 0) is 6.54 Å². The highest BCUT2D eigenvalue weighted by molar-refractivity contribution is 5.95. The van der Waals surface area contributed by atoms with Crippen LogP contribution in [0, 0.1) is 6.92 Å². The van der Waals surface area contributed by atoms with Crippen molar-refractivity contribution >= 4 is 5.91 Å². The molecule has 1 saturated heterocycles. The molecule has 1 N–H and O–H groups in total. The van der Waals surface area contributed by atoms with Gasteiger partial charge in [0, 0.05) is 31.2 Å². The van der Waals surface area contributed by atoms with Crippen molar-refractivity contribution in [3.63, 3.8) is 0 Å². The summed E-state index contributed by atoms with van der Waals surface area (Å²) >= 11 is 0. The molecule has 0 aliphatic carbocycles. The highest BCUT2D eigenvalue weighted by Gasteiger charge is 2.22. The van der Waals surface area contributed by atoms with E-state index in [-0.39, 0.29) is 11.9 Å². The molecular formula is C22H26N2O3. The lowest BCUT2D eigenvalue weighted by Gasteiger charge is -2.32. The second kappa shape index (κ2) is 8.01. The molecule has 2 aromatic rings. The molecule has 1 fully saturated rings. The first-order valence-electron chi connectivity index (χ1n) is 9.66. The van der Waals surface area contributed by atoms with Crippen molar-refractivity contribution in [1.29, 1.82) is 0 Å². The van der Waals surface area contributed by atoms with E-state index in [4.69, 9.17) is 9.47 Å². The molecule has 0 atom stereocenters. The summed E-state index contributed by atoms with van der Waals surface area (Å²) in [5.41, 5.74) is 3.35. The van der Waals surface area contributed by atoms with Crippen molar-refractivity contribution in [3.05, 3.63) is 59.2 Å². The first kappa shape index (κ1) is 17.9. The van der Waals surface area contributed by atoms with Gasteiger partial charge < -0.3 is 14.8 Å². The van der Waals surface area contributed by atoms with Crippen molar-refractivity contribution in [1.82, 2.24) is 10.2 Å². The highest BCUT2D eigenvalue weighted by Crippen LogP contribution is 2.30. The second-order valence-corrected chi connectivity index (χ2v) is 7.31. The van der Waals surface area contributed by atoms with E-state index in [2.05, 4.69) is 41.4 Å². The number of ether oxygens (including phenoxy) is 2. The summed E-state index contributed by atoms with van der Waals surface area (Å²) in [4.78, 5) is 15.1. The lowest BCUT2D eigenvalue weighted by atomic mass is 10.0. The first-order valence-corrected chi connectivity index (χ1v) is 9.66. The van der Waals surface area contributed by atoms with Gasteiger partial charge in [-0.3, -0.25) is 9.69 Å². The van der Waals surface area contributed by atoms with Gasteiger partial charge in [0.15, 0.2) is 11.5 Å². The summed E-state index contributed by atoms with van der Waals surface area (Å²) in [6, 6.07) is 14.2. The van der Waals surface area contributed by atoms with Crippen LogP contribution in [0.4, 0.5) is 0 Å².